The number of fused-ring (bicyclic) bond motifs is 1. The maximum atomic E-state index is 12.1. The third-order valence-electron chi connectivity index (χ3n) is 4.19. The summed E-state index contributed by atoms with van der Waals surface area (Å²) < 4.78 is 5.86. The Labute approximate surface area is 112 Å². The second-order valence-electron chi connectivity index (χ2n) is 5.52. The Morgan fingerprint density at radius 3 is 2.58 bits per heavy atom. The molecular weight excluding hydrogens is 244 g/mol. The van der Waals surface area contributed by atoms with Crippen molar-refractivity contribution in [2.45, 2.75) is 44.6 Å². The van der Waals surface area contributed by atoms with Crippen molar-refractivity contribution in [3.63, 3.8) is 0 Å². The Morgan fingerprint density at radius 1 is 1.11 bits per heavy atom. The molecule has 102 valence electrons. The fourth-order valence-electron chi connectivity index (χ4n) is 3.22. The number of aromatic hydroxyl groups is 2. The van der Waals surface area contributed by atoms with Crippen molar-refractivity contribution < 1.29 is 19.7 Å². The van der Waals surface area contributed by atoms with Crippen LogP contribution < -0.4 is 4.74 Å². The standard InChI is InChI=1S/C15H18O4/c16-10-6-11(17)15-12(18)8-13(19-14(15)7-10)9-4-2-1-3-5-9/h6-7,9,13,16-17H,1-5,8H2/t13-/m0/s1. The van der Waals surface area contributed by atoms with Gasteiger partial charge in [-0.15, -0.1) is 0 Å². The van der Waals surface area contributed by atoms with Crippen LogP contribution in [0.2, 0.25) is 0 Å². The van der Waals surface area contributed by atoms with Crippen LogP contribution in [0.4, 0.5) is 0 Å². The van der Waals surface area contributed by atoms with Gasteiger partial charge in [0.05, 0.1) is 0 Å². The lowest BCUT2D eigenvalue weighted by Crippen LogP contribution is -2.34. The SMILES string of the molecule is O=C1C[C@@H](C2CCCCC2)Oc2cc(O)cc(O)c21. The number of carbonyl (C=O) groups is 1. The molecule has 0 aromatic heterocycles. The first-order chi connectivity index (χ1) is 9.15. The van der Waals surface area contributed by atoms with Crippen LogP contribution in [-0.2, 0) is 0 Å². The molecule has 1 heterocycles. The number of phenolic OH excluding ortho intramolecular Hbond substituents is 2. The lowest BCUT2D eigenvalue weighted by molar-refractivity contribution is 0.0649. The van der Waals surface area contributed by atoms with E-state index in [4.69, 9.17) is 4.74 Å². The van der Waals surface area contributed by atoms with E-state index < -0.39 is 0 Å². The van der Waals surface area contributed by atoms with E-state index in [0.29, 0.717) is 18.1 Å². The minimum absolute atomic E-state index is 0.0756. The minimum Gasteiger partial charge on any atom is -0.508 e. The molecule has 1 aliphatic carbocycles. The molecule has 0 bridgehead atoms. The number of benzene rings is 1. The fraction of sp³-hybridized carbons (Fsp3) is 0.533. The average molecular weight is 262 g/mol. The number of ether oxygens (including phenoxy) is 1. The van der Waals surface area contributed by atoms with Crippen molar-refractivity contribution in [2.24, 2.45) is 5.92 Å². The van der Waals surface area contributed by atoms with Gasteiger partial charge in [-0.2, -0.15) is 0 Å². The quantitative estimate of drug-likeness (QED) is 0.816. The third-order valence-corrected chi connectivity index (χ3v) is 4.19. The Kier molecular flexibility index (Phi) is 3.09. The second-order valence-corrected chi connectivity index (χ2v) is 5.52. The zero-order valence-electron chi connectivity index (χ0n) is 10.8. The predicted octanol–water partition coefficient (Wildman–Crippen LogP) is 3.01. The normalized spacial score (nSPS) is 23.8. The zero-order chi connectivity index (χ0) is 13.4. The summed E-state index contributed by atoms with van der Waals surface area (Å²) in [6.45, 7) is 0. The van der Waals surface area contributed by atoms with E-state index in [0.717, 1.165) is 12.8 Å². The van der Waals surface area contributed by atoms with E-state index in [1.54, 1.807) is 0 Å². The minimum atomic E-state index is -0.193. The Hall–Kier alpha value is -1.71. The molecule has 4 heteroatoms. The molecule has 3 rings (SSSR count). The average Bonchev–Trinajstić information content (AvgIpc) is 2.38. The molecule has 2 aliphatic rings. The molecule has 4 nitrogen and oxygen atoms in total. The van der Waals surface area contributed by atoms with E-state index in [1.165, 1.54) is 31.4 Å². The van der Waals surface area contributed by atoms with Crippen molar-refractivity contribution in [3.05, 3.63) is 17.7 Å². The van der Waals surface area contributed by atoms with Crippen molar-refractivity contribution >= 4 is 5.78 Å². The highest BCUT2D eigenvalue weighted by Gasteiger charge is 2.34. The van der Waals surface area contributed by atoms with E-state index in [-0.39, 0.29) is 28.9 Å². The van der Waals surface area contributed by atoms with Gasteiger partial charge in [0.25, 0.3) is 0 Å². The largest absolute Gasteiger partial charge is 0.508 e. The first kappa shape index (κ1) is 12.3. The summed E-state index contributed by atoms with van der Waals surface area (Å²) in [6.07, 6.45) is 6.05. The van der Waals surface area contributed by atoms with Gasteiger partial charge in [0.15, 0.2) is 5.78 Å². The predicted molar refractivity (Wildman–Crippen MR) is 69.7 cm³/mol. The van der Waals surface area contributed by atoms with Gasteiger partial charge in [0.1, 0.15) is 28.9 Å². The van der Waals surface area contributed by atoms with Gasteiger partial charge in [-0.1, -0.05) is 19.3 Å². The fourth-order valence-corrected chi connectivity index (χ4v) is 3.22. The molecule has 0 saturated heterocycles. The van der Waals surface area contributed by atoms with Crippen molar-refractivity contribution in [1.82, 2.24) is 0 Å². The van der Waals surface area contributed by atoms with Gasteiger partial charge in [0.2, 0.25) is 0 Å². The van der Waals surface area contributed by atoms with Crippen LogP contribution in [0, 0.1) is 5.92 Å². The first-order valence-electron chi connectivity index (χ1n) is 6.91. The number of hydrogen-bond acceptors (Lipinski definition) is 4. The molecule has 2 N–H and O–H groups in total. The van der Waals surface area contributed by atoms with Gasteiger partial charge in [0, 0.05) is 18.6 Å². The molecule has 1 atom stereocenters. The summed E-state index contributed by atoms with van der Waals surface area (Å²) in [6, 6.07) is 2.60. The van der Waals surface area contributed by atoms with Crippen LogP contribution in [0.25, 0.3) is 0 Å². The molecule has 0 unspecified atom stereocenters. The summed E-state index contributed by atoms with van der Waals surface area (Å²) in [7, 11) is 0. The van der Waals surface area contributed by atoms with Gasteiger partial charge in [-0.25, -0.2) is 0 Å². The summed E-state index contributed by atoms with van der Waals surface area (Å²) in [5.41, 5.74) is 0.213. The van der Waals surface area contributed by atoms with E-state index in [1.807, 2.05) is 0 Å². The molecule has 19 heavy (non-hydrogen) atoms. The van der Waals surface area contributed by atoms with Gasteiger partial charge in [-0.3, -0.25) is 4.79 Å². The summed E-state index contributed by atoms with van der Waals surface area (Å²) in [5, 5.41) is 19.2. The highest BCUT2D eigenvalue weighted by atomic mass is 16.5. The van der Waals surface area contributed by atoms with Crippen LogP contribution in [0.3, 0.4) is 0 Å². The molecule has 1 aliphatic heterocycles. The second kappa shape index (κ2) is 4.76. The molecule has 0 amide bonds. The summed E-state index contributed by atoms with van der Waals surface area (Å²) >= 11 is 0. The number of ketones is 1. The third kappa shape index (κ3) is 2.27. The van der Waals surface area contributed by atoms with Crippen molar-refractivity contribution in [3.8, 4) is 17.2 Å². The number of phenols is 2. The first-order valence-corrected chi connectivity index (χ1v) is 6.91. The molecule has 1 aromatic rings. The number of Topliss-reactive ketones (excluding diaryl/α,β-unsaturated/α-hetero) is 1. The molecule has 0 radical (unpaired) electrons. The Morgan fingerprint density at radius 2 is 1.84 bits per heavy atom. The number of rotatable bonds is 1. The van der Waals surface area contributed by atoms with Gasteiger partial charge in [-0.05, 0) is 18.8 Å². The highest BCUT2D eigenvalue weighted by molar-refractivity contribution is 6.02. The maximum Gasteiger partial charge on any atom is 0.174 e. The zero-order valence-corrected chi connectivity index (χ0v) is 10.8. The molecule has 1 fully saturated rings. The summed E-state index contributed by atoms with van der Waals surface area (Å²) in [4.78, 5) is 12.1. The van der Waals surface area contributed by atoms with Crippen LogP contribution >= 0.6 is 0 Å². The molecule has 0 spiro atoms. The van der Waals surface area contributed by atoms with Crippen LogP contribution in [0.1, 0.15) is 48.9 Å². The monoisotopic (exact) mass is 262 g/mol. The lowest BCUT2D eigenvalue weighted by Gasteiger charge is -2.33. The van der Waals surface area contributed by atoms with Gasteiger partial charge < -0.3 is 14.9 Å². The van der Waals surface area contributed by atoms with Crippen LogP contribution in [0.15, 0.2) is 12.1 Å². The molecule has 1 saturated carbocycles. The van der Waals surface area contributed by atoms with Crippen molar-refractivity contribution in [2.75, 3.05) is 0 Å². The Balaban J connectivity index is 1.88. The van der Waals surface area contributed by atoms with Crippen LogP contribution in [0.5, 0.6) is 17.2 Å². The highest BCUT2D eigenvalue weighted by Crippen LogP contribution is 2.41. The lowest BCUT2D eigenvalue weighted by atomic mass is 9.82. The molecule has 1 aromatic carbocycles. The van der Waals surface area contributed by atoms with E-state index in [9.17, 15) is 15.0 Å². The molecular formula is C15H18O4. The Bertz CT molecular complexity index is 503. The van der Waals surface area contributed by atoms with Crippen LogP contribution in [-0.4, -0.2) is 22.1 Å². The van der Waals surface area contributed by atoms with E-state index in [2.05, 4.69) is 0 Å². The van der Waals surface area contributed by atoms with E-state index >= 15 is 0 Å². The van der Waals surface area contributed by atoms with Gasteiger partial charge >= 0.3 is 0 Å². The number of carbonyl (C=O) groups excluding carboxylic acids is 1. The smallest absolute Gasteiger partial charge is 0.174 e. The topological polar surface area (TPSA) is 66.8 Å². The summed E-state index contributed by atoms with van der Waals surface area (Å²) in [5.74, 6) is 0.379. The van der Waals surface area contributed by atoms with Crippen molar-refractivity contribution in [1.29, 1.82) is 0 Å². The maximum absolute atomic E-state index is 12.1. The number of hydrogen-bond donors (Lipinski definition) is 2.